The van der Waals surface area contributed by atoms with Crippen LogP contribution in [0.15, 0.2) is 205 Å². The normalized spacial score (nSPS) is 11.6. The van der Waals surface area contributed by atoms with Crippen LogP contribution in [0.4, 0.5) is 0 Å². The first-order valence-corrected chi connectivity index (χ1v) is 18.8. The summed E-state index contributed by atoms with van der Waals surface area (Å²) in [5, 5.41) is 9.78. The molecule has 0 fully saturated rings. The van der Waals surface area contributed by atoms with E-state index >= 15 is 0 Å². The fraction of sp³-hybridized carbons (Fsp3) is 0. The van der Waals surface area contributed by atoms with Crippen molar-refractivity contribution in [2.75, 3.05) is 0 Å². The van der Waals surface area contributed by atoms with E-state index < -0.39 is 0 Å². The number of hydrogen-bond acceptors (Lipinski definition) is 3. The molecule has 8 aromatic carbocycles. The fourth-order valence-electron chi connectivity index (χ4n) is 8.13. The number of para-hydroxylation sites is 3. The van der Waals surface area contributed by atoms with Crippen LogP contribution < -0.4 is 4.68 Å². The van der Waals surface area contributed by atoms with Crippen LogP contribution in [0.25, 0.3) is 100 Å². The number of furan rings is 1. The Morgan fingerprint density at radius 1 is 0.446 bits per heavy atom. The summed E-state index contributed by atoms with van der Waals surface area (Å²) in [5.74, 6) is 0.628. The lowest BCUT2D eigenvalue weighted by molar-refractivity contribution is -0.658. The SMILES string of the molecule is c1ccc(-c2ccc(-c3ccc4c(c3)oc3ccc5c(c6ccccc6n5-c5ccccc5)c34)c(-c3nc(-c4ccccc4)c[n+](-c4ccccc4)n3)c2)cc1. The van der Waals surface area contributed by atoms with E-state index in [1.165, 1.54) is 16.3 Å². The first-order valence-electron chi connectivity index (χ1n) is 18.8. The van der Waals surface area contributed by atoms with Crippen molar-refractivity contribution in [3.05, 3.63) is 200 Å². The Hall–Kier alpha value is -7.63. The Morgan fingerprint density at radius 2 is 1.12 bits per heavy atom. The molecule has 0 bridgehead atoms. The van der Waals surface area contributed by atoms with Crippen molar-refractivity contribution in [1.82, 2.24) is 14.6 Å². The van der Waals surface area contributed by atoms with Gasteiger partial charge < -0.3 is 8.98 Å². The minimum atomic E-state index is 0.628. The summed E-state index contributed by atoms with van der Waals surface area (Å²) in [6.07, 6.45) is 2.00. The molecule has 0 atom stereocenters. The molecule has 0 aliphatic rings. The molecule has 3 aromatic heterocycles. The van der Waals surface area contributed by atoms with Gasteiger partial charge in [-0.15, -0.1) is 0 Å². The summed E-state index contributed by atoms with van der Waals surface area (Å²) in [6, 6.07) is 67.7. The fourth-order valence-corrected chi connectivity index (χ4v) is 8.13. The molecule has 0 N–H and O–H groups in total. The van der Waals surface area contributed by atoms with Gasteiger partial charge in [-0.25, -0.2) is 4.98 Å². The second-order valence-electron chi connectivity index (χ2n) is 14.1. The van der Waals surface area contributed by atoms with Crippen LogP contribution in [0.2, 0.25) is 0 Å². The summed E-state index contributed by atoms with van der Waals surface area (Å²) in [6.45, 7) is 0. The molecule has 11 aromatic rings. The third kappa shape index (κ3) is 5.29. The van der Waals surface area contributed by atoms with Gasteiger partial charge in [0, 0.05) is 55.6 Å². The van der Waals surface area contributed by atoms with Crippen LogP contribution in [-0.4, -0.2) is 14.6 Å². The number of benzene rings is 8. The van der Waals surface area contributed by atoms with Crippen molar-refractivity contribution in [2.45, 2.75) is 0 Å². The molecule has 11 rings (SSSR count). The minimum absolute atomic E-state index is 0.628. The van der Waals surface area contributed by atoms with Crippen molar-refractivity contribution in [1.29, 1.82) is 0 Å². The second kappa shape index (κ2) is 13.0. The summed E-state index contributed by atoms with van der Waals surface area (Å²) in [5.41, 5.74) is 13.1. The minimum Gasteiger partial charge on any atom is -0.456 e. The van der Waals surface area contributed by atoms with E-state index in [-0.39, 0.29) is 0 Å². The van der Waals surface area contributed by atoms with Crippen LogP contribution in [0.5, 0.6) is 0 Å². The highest BCUT2D eigenvalue weighted by atomic mass is 16.3. The Bertz CT molecular complexity index is 3170. The maximum atomic E-state index is 6.73. The number of rotatable bonds is 6. The summed E-state index contributed by atoms with van der Waals surface area (Å²) < 4.78 is 11.0. The maximum absolute atomic E-state index is 6.73. The first-order chi connectivity index (χ1) is 27.8. The Balaban J connectivity index is 1.14. The van der Waals surface area contributed by atoms with Crippen LogP contribution in [-0.2, 0) is 0 Å². The molecule has 3 heterocycles. The third-order valence-corrected chi connectivity index (χ3v) is 10.7. The highest BCUT2D eigenvalue weighted by Crippen LogP contribution is 2.43. The largest absolute Gasteiger partial charge is 0.456 e. The van der Waals surface area contributed by atoms with Gasteiger partial charge in [-0.2, -0.15) is 0 Å². The van der Waals surface area contributed by atoms with E-state index in [2.05, 4.69) is 156 Å². The zero-order valence-electron chi connectivity index (χ0n) is 30.2. The highest BCUT2D eigenvalue weighted by molar-refractivity contribution is 6.27. The van der Waals surface area contributed by atoms with Crippen LogP contribution in [0.3, 0.4) is 0 Å². The molecular weight excluding hydrogens is 685 g/mol. The van der Waals surface area contributed by atoms with Crippen LogP contribution in [0.1, 0.15) is 0 Å². The zero-order chi connectivity index (χ0) is 37.0. The van der Waals surface area contributed by atoms with Crippen molar-refractivity contribution in [2.24, 2.45) is 0 Å². The predicted molar refractivity (Wildman–Crippen MR) is 227 cm³/mol. The predicted octanol–water partition coefficient (Wildman–Crippen LogP) is 12.4. The van der Waals surface area contributed by atoms with Gasteiger partial charge in [0.25, 0.3) is 0 Å². The van der Waals surface area contributed by atoms with E-state index in [1.807, 2.05) is 53.3 Å². The van der Waals surface area contributed by atoms with Crippen molar-refractivity contribution < 1.29 is 9.10 Å². The van der Waals surface area contributed by atoms with Gasteiger partial charge in [0.1, 0.15) is 16.9 Å². The lowest BCUT2D eigenvalue weighted by atomic mass is 9.93. The number of aromatic nitrogens is 4. The number of fused-ring (bicyclic) bond motifs is 7. The summed E-state index contributed by atoms with van der Waals surface area (Å²) in [7, 11) is 0. The second-order valence-corrected chi connectivity index (χ2v) is 14.1. The molecular formula is C51H33N4O+. The van der Waals surface area contributed by atoms with Gasteiger partial charge in [-0.3, -0.25) is 0 Å². The molecule has 5 heteroatoms. The molecule has 56 heavy (non-hydrogen) atoms. The van der Waals surface area contributed by atoms with Crippen LogP contribution >= 0.6 is 0 Å². The molecule has 0 aliphatic heterocycles. The zero-order valence-corrected chi connectivity index (χ0v) is 30.2. The van der Waals surface area contributed by atoms with E-state index in [1.54, 1.807) is 0 Å². The number of hydrogen-bond donors (Lipinski definition) is 0. The maximum Gasteiger partial charge on any atom is 0.238 e. The monoisotopic (exact) mass is 717 g/mol. The average Bonchev–Trinajstić information content (AvgIpc) is 3.82. The molecule has 0 radical (unpaired) electrons. The lowest BCUT2D eigenvalue weighted by Crippen LogP contribution is -2.36. The smallest absolute Gasteiger partial charge is 0.238 e. The third-order valence-electron chi connectivity index (χ3n) is 10.7. The lowest BCUT2D eigenvalue weighted by Gasteiger charge is -2.12. The van der Waals surface area contributed by atoms with Gasteiger partial charge in [-0.1, -0.05) is 133 Å². The summed E-state index contributed by atoms with van der Waals surface area (Å²) in [4.78, 5) is 5.25. The van der Waals surface area contributed by atoms with Gasteiger partial charge in [0.05, 0.1) is 11.0 Å². The Labute approximate surface area is 323 Å². The van der Waals surface area contributed by atoms with Gasteiger partial charge in [-0.05, 0) is 75.5 Å². The van der Waals surface area contributed by atoms with E-state index in [0.29, 0.717) is 5.82 Å². The number of nitrogens with zero attached hydrogens (tertiary/aromatic N) is 4. The molecule has 0 unspecified atom stereocenters. The Morgan fingerprint density at radius 3 is 1.91 bits per heavy atom. The first kappa shape index (κ1) is 31.9. The highest BCUT2D eigenvalue weighted by Gasteiger charge is 2.23. The van der Waals surface area contributed by atoms with Crippen LogP contribution in [0, 0.1) is 0 Å². The van der Waals surface area contributed by atoms with Crippen molar-refractivity contribution in [3.8, 4) is 56.3 Å². The molecule has 0 saturated carbocycles. The molecule has 0 aliphatic carbocycles. The van der Waals surface area contributed by atoms with Gasteiger partial charge in [0.2, 0.25) is 17.7 Å². The van der Waals surface area contributed by atoms with E-state index in [0.717, 1.165) is 77.9 Å². The quantitative estimate of drug-likeness (QED) is 0.161. The molecule has 5 nitrogen and oxygen atoms in total. The molecule has 262 valence electrons. The van der Waals surface area contributed by atoms with Crippen molar-refractivity contribution >= 4 is 43.7 Å². The van der Waals surface area contributed by atoms with Crippen molar-refractivity contribution in [3.63, 3.8) is 0 Å². The average molecular weight is 718 g/mol. The van der Waals surface area contributed by atoms with Gasteiger partial charge in [0.15, 0.2) is 0 Å². The van der Waals surface area contributed by atoms with E-state index in [4.69, 9.17) is 14.5 Å². The van der Waals surface area contributed by atoms with E-state index in [9.17, 15) is 0 Å². The summed E-state index contributed by atoms with van der Waals surface area (Å²) >= 11 is 0. The topological polar surface area (TPSA) is 47.7 Å². The molecule has 0 amide bonds. The standard InChI is InChI=1S/C51H33N4O/c1-5-15-34(16-6-1)36-25-27-40(43(31-36)51-52-44(35-17-7-2-8-18-35)33-54(53-51)38-19-9-3-10-20-38)37-26-28-42-48(32-37)56-47-30-29-46-49(50(42)47)41-23-13-14-24-45(41)55(46)39-21-11-4-12-22-39/h1-33H/q+1. The Kier molecular flexibility index (Phi) is 7.42. The molecule has 0 spiro atoms. The van der Waals surface area contributed by atoms with Gasteiger partial charge >= 0.3 is 0 Å². The molecule has 0 saturated heterocycles.